The Morgan fingerprint density at radius 3 is 2.79 bits per heavy atom. The van der Waals surface area contributed by atoms with Crippen LogP contribution in [0.4, 0.5) is 0 Å². The molecule has 0 fully saturated rings. The Morgan fingerprint density at radius 2 is 2.21 bits per heavy atom. The van der Waals surface area contributed by atoms with Gasteiger partial charge in [-0.15, -0.1) is 11.8 Å². The molecule has 1 aromatic rings. The van der Waals surface area contributed by atoms with Crippen molar-refractivity contribution in [2.24, 2.45) is 0 Å². The summed E-state index contributed by atoms with van der Waals surface area (Å²) < 4.78 is 5.30. The summed E-state index contributed by atoms with van der Waals surface area (Å²) in [5, 5.41) is 3.14. The molecule has 0 aliphatic heterocycles. The van der Waals surface area contributed by atoms with Crippen molar-refractivity contribution in [1.29, 1.82) is 0 Å². The lowest BCUT2D eigenvalue weighted by atomic mass is 10.1. The molecule has 0 aliphatic rings. The summed E-state index contributed by atoms with van der Waals surface area (Å²) in [6, 6.07) is 6.32. The van der Waals surface area contributed by atoms with E-state index >= 15 is 0 Å². The normalized spacial score (nSPS) is 10.2. The van der Waals surface area contributed by atoms with Crippen LogP contribution in [0.2, 0.25) is 0 Å². The van der Waals surface area contributed by atoms with Crippen molar-refractivity contribution in [1.82, 2.24) is 5.32 Å². The standard InChI is InChI=1S/C11H17NOS/c1-12-7-6-9-8-10(14-3)4-5-11(9)13-2/h4-5,8,12H,6-7H2,1-3H3. The van der Waals surface area contributed by atoms with Gasteiger partial charge in [0.25, 0.3) is 0 Å². The second kappa shape index (κ2) is 5.94. The Kier molecular flexibility index (Phi) is 4.84. The topological polar surface area (TPSA) is 21.3 Å². The Bertz CT molecular complexity index is 289. The van der Waals surface area contributed by atoms with E-state index in [2.05, 4.69) is 23.7 Å². The minimum atomic E-state index is 0.980. The summed E-state index contributed by atoms with van der Waals surface area (Å²) in [5.41, 5.74) is 1.27. The summed E-state index contributed by atoms with van der Waals surface area (Å²) in [5.74, 6) is 0.984. The average molecular weight is 211 g/mol. The number of methoxy groups -OCH3 is 1. The van der Waals surface area contributed by atoms with Crippen molar-refractivity contribution in [2.75, 3.05) is 27.0 Å². The molecule has 0 saturated heterocycles. The minimum Gasteiger partial charge on any atom is -0.496 e. The predicted octanol–water partition coefficient (Wildman–Crippen LogP) is 2.18. The van der Waals surface area contributed by atoms with Gasteiger partial charge in [-0.25, -0.2) is 0 Å². The maximum Gasteiger partial charge on any atom is 0.122 e. The number of thioether (sulfide) groups is 1. The zero-order valence-electron chi connectivity index (χ0n) is 8.96. The van der Waals surface area contributed by atoms with Gasteiger partial charge in [0.1, 0.15) is 5.75 Å². The number of hydrogen-bond donors (Lipinski definition) is 1. The molecule has 1 rings (SSSR count). The lowest BCUT2D eigenvalue weighted by Crippen LogP contribution is -2.10. The van der Waals surface area contributed by atoms with Crippen LogP contribution in [0.3, 0.4) is 0 Å². The van der Waals surface area contributed by atoms with Gasteiger partial charge in [-0.05, 0) is 50.0 Å². The Labute approximate surface area is 90.0 Å². The molecular formula is C11H17NOS. The molecule has 0 amide bonds. The van der Waals surface area contributed by atoms with Gasteiger partial charge in [-0.1, -0.05) is 0 Å². The molecule has 0 aliphatic carbocycles. The van der Waals surface area contributed by atoms with E-state index in [-0.39, 0.29) is 0 Å². The van der Waals surface area contributed by atoms with E-state index in [4.69, 9.17) is 4.74 Å². The fourth-order valence-corrected chi connectivity index (χ4v) is 1.80. The van der Waals surface area contributed by atoms with Crippen LogP contribution in [0, 0.1) is 0 Å². The maximum absolute atomic E-state index is 5.30. The number of benzene rings is 1. The van der Waals surface area contributed by atoms with Crippen LogP contribution in [-0.2, 0) is 6.42 Å². The number of hydrogen-bond acceptors (Lipinski definition) is 3. The van der Waals surface area contributed by atoms with Crippen LogP contribution < -0.4 is 10.1 Å². The summed E-state index contributed by atoms with van der Waals surface area (Å²) in [6.07, 6.45) is 3.09. The van der Waals surface area contributed by atoms with Crippen molar-refractivity contribution in [3.8, 4) is 5.75 Å². The van der Waals surface area contributed by atoms with E-state index in [1.54, 1.807) is 18.9 Å². The minimum absolute atomic E-state index is 0.980. The largest absolute Gasteiger partial charge is 0.496 e. The number of ether oxygens (including phenoxy) is 1. The van der Waals surface area contributed by atoms with Crippen LogP contribution in [0.15, 0.2) is 23.1 Å². The third-order valence-electron chi connectivity index (χ3n) is 2.13. The maximum atomic E-state index is 5.30. The van der Waals surface area contributed by atoms with Crippen molar-refractivity contribution in [3.05, 3.63) is 23.8 Å². The molecule has 78 valence electrons. The van der Waals surface area contributed by atoms with E-state index in [1.807, 2.05) is 13.1 Å². The Hall–Kier alpha value is -0.670. The second-order valence-electron chi connectivity index (χ2n) is 3.03. The SMILES string of the molecule is CNCCc1cc(SC)ccc1OC. The second-order valence-corrected chi connectivity index (χ2v) is 3.91. The first kappa shape index (κ1) is 11.4. The first-order valence-electron chi connectivity index (χ1n) is 4.67. The van der Waals surface area contributed by atoms with Crippen molar-refractivity contribution >= 4 is 11.8 Å². The quantitative estimate of drug-likeness (QED) is 0.754. The van der Waals surface area contributed by atoms with Crippen LogP contribution in [0.5, 0.6) is 5.75 Å². The molecule has 0 bridgehead atoms. The highest BCUT2D eigenvalue weighted by molar-refractivity contribution is 7.98. The van der Waals surface area contributed by atoms with Gasteiger partial charge in [0.15, 0.2) is 0 Å². The van der Waals surface area contributed by atoms with E-state index < -0.39 is 0 Å². The fourth-order valence-electron chi connectivity index (χ4n) is 1.34. The molecule has 1 N–H and O–H groups in total. The fraction of sp³-hybridized carbons (Fsp3) is 0.455. The van der Waals surface area contributed by atoms with Crippen molar-refractivity contribution < 1.29 is 4.74 Å². The van der Waals surface area contributed by atoms with E-state index in [1.165, 1.54) is 10.5 Å². The average Bonchev–Trinajstić information content (AvgIpc) is 2.25. The first-order valence-corrected chi connectivity index (χ1v) is 5.89. The van der Waals surface area contributed by atoms with Crippen LogP contribution in [0.25, 0.3) is 0 Å². The molecule has 0 spiro atoms. The zero-order valence-corrected chi connectivity index (χ0v) is 9.78. The van der Waals surface area contributed by atoms with E-state index in [0.29, 0.717) is 0 Å². The van der Waals surface area contributed by atoms with E-state index in [0.717, 1.165) is 18.7 Å². The van der Waals surface area contributed by atoms with Crippen LogP contribution in [-0.4, -0.2) is 27.0 Å². The molecule has 0 saturated carbocycles. The molecular weight excluding hydrogens is 194 g/mol. The Balaban J connectivity index is 2.84. The lowest BCUT2D eigenvalue weighted by molar-refractivity contribution is 0.409. The van der Waals surface area contributed by atoms with Crippen molar-refractivity contribution in [3.63, 3.8) is 0 Å². The predicted molar refractivity (Wildman–Crippen MR) is 62.4 cm³/mol. The third kappa shape index (κ3) is 2.93. The van der Waals surface area contributed by atoms with Gasteiger partial charge in [0, 0.05) is 4.90 Å². The zero-order chi connectivity index (χ0) is 10.4. The third-order valence-corrected chi connectivity index (χ3v) is 2.86. The lowest BCUT2D eigenvalue weighted by Gasteiger charge is -2.09. The molecule has 0 radical (unpaired) electrons. The van der Waals surface area contributed by atoms with Gasteiger partial charge in [0.05, 0.1) is 7.11 Å². The van der Waals surface area contributed by atoms with Crippen LogP contribution in [0.1, 0.15) is 5.56 Å². The highest BCUT2D eigenvalue weighted by Crippen LogP contribution is 2.24. The van der Waals surface area contributed by atoms with Gasteiger partial charge < -0.3 is 10.1 Å². The molecule has 1 aromatic carbocycles. The number of likely N-dealkylation sites (N-methyl/N-ethyl adjacent to an activating group) is 1. The molecule has 0 heterocycles. The molecule has 14 heavy (non-hydrogen) atoms. The molecule has 3 heteroatoms. The molecule has 0 unspecified atom stereocenters. The molecule has 0 aromatic heterocycles. The summed E-state index contributed by atoms with van der Waals surface area (Å²) in [6.45, 7) is 0.980. The first-order chi connectivity index (χ1) is 6.81. The Morgan fingerprint density at radius 1 is 1.43 bits per heavy atom. The summed E-state index contributed by atoms with van der Waals surface area (Å²) >= 11 is 1.76. The highest BCUT2D eigenvalue weighted by Gasteiger charge is 2.03. The summed E-state index contributed by atoms with van der Waals surface area (Å²) in [7, 11) is 3.68. The number of rotatable bonds is 5. The van der Waals surface area contributed by atoms with Gasteiger partial charge >= 0.3 is 0 Å². The smallest absolute Gasteiger partial charge is 0.122 e. The molecule has 2 nitrogen and oxygen atoms in total. The monoisotopic (exact) mass is 211 g/mol. The summed E-state index contributed by atoms with van der Waals surface area (Å²) in [4.78, 5) is 1.29. The van der Waals surface area contributed by atoms with Crippen molar-refractivity contribution in [2.45, 2.75) is 11.3 Å². The van der Waals surface area contributed by atoms with Gasteiger partial charge in [-0.2, -0.15) is 0 Å². The van der Waals surface area contributed by atoms with Gasteiger partial charge in [-0.3, -0.25) is 0 Å². The van der Waals surface area contributed by atoms with Crippen LogP contribution >= 0.6 is 11.8 Å². The molecule has 0 atom stereocenters. The van der Waals surface area contributed by atoms with E-state index in [9.17, 15) is 0 Å². The number of nitrogens with one attached hydrogen (secondary N) is 1. The highest BCUT2D eigenvalue weighted by atomic mass is 32.2. The van der Waals surface area contributed by atoms with Gasteiger partial charge in [0.2, 0.25) is 0 Å².